The van der Waals surface area contributed by atoms with E-state index in [4.69, 9.17) is 9.15 Å². The van der Waals surface area contributed by atoms with Gasteiger partial charge in [-0.05, 0) is 19.1 Å². The number of esters is 1. The Labute approximate surface area is 99.4 Å². The number of hydrogen-bond donors (Lipinski definition) is 0. The number of furan rings is 1. The van der Waals surface area contributed by atoms with Crippen molar-refractivity contribution in [2.75, 3.05) is 6.61 Å². The minimum absolute atomic E-state index is 0.105. The zero-order chi connectivity index (χ0) is 12.1. The van der Waals surface area contributed by atoms with E-state index in [1.165, 1.54) is 0 Å². The second-order valence-electron chi connectivity index (χ2n) is 3.43. The van der Waals surface area contributed by atoms with Gasteiger partial charge in [0.05, 0.1) is 12.2 Å². The third-order valence-corrected chi connectivity index (χ3v) is 2.24. The van der Waals surface area contributed by atoms with Gasteiger partial charge in [0.1, 0.15) is 18.3 Å². The predicted octanol–water partition coefficient (Wildman–Crippen LogP) is 2.74. The summed E-state index contributed by atoms with van der Waals surface area (Å²) in [4.78, 5) is 11.1. The van der Waals surface area contributed by atoms with Crippen LogP contribution in [0.1, 0.15) is 18.9 Å². The first-order valence-corrected chi connectivity index (χ1v) is 5.42. The zero-order valence-electron chi connectivity index (χ0n) is 9.53. The van der Waals surface area contributed by atoms with Crippen molar-refractivity contribution in [2.24, 2.45) is 0 Å². The highest BCUT2D eigenvalue weighted by Gasteiger charge is 2.02. The normalized spacial score (nSPS) is 9.71. The minimum atomic E-state index is -0.298. The average molecular weight is 228 g/mol. The molecule has 0 saturated heterocycles. The predicted molar refractivity (Wildman–Crippen MR) is 64.3 cm³/mol. The highest BCUT2D eigenvalue weighted by atomic mass is 16.5. The molecule has 0 unspecified atom stereocenters. The number of carbonyl (C=O) groups excluding carboxylic acids is 1. The van der Waals surface area contributed by atoms with E-state index in [0.717, 1.165) is 16.5 Å². The van der Waals surface area contributed by atoms with Crippen molar-refractivity contribution in [1.82, 2.24) is 0 Å². The van der Waals surface area contributed by atoms with Crippen molar-refractivity contribution in [3.63, 3.8) is 0 Å². The van der Waals surface area contributed by atoms with Crippen molar-refractivity contribution in [3.8, 4) is 11.8 Å². The first-order valence-electron chi connectivity index (χ1n) is 5.42. The quantitative estimate of drug-likeness (QED) is 0.586. The van der Waals surface area contributed by atoms with Crippen molar-refractivity contribution in [3.05, 3.63) is 36.1 Å². The summed E-state index contributed by atoms with van der Waals surface area (Å²) in [5.74, 6) is 5.39. The molecule has 2 rings (SSSR count). The third kappa shape index (κ3) is 2.67. The van der Waals surface area contributed by atoms with Gasteiger partial charge in [-0.15, -0.1) is 0 Å². The molecule has 3 heteroatoms. The molecule has 17 heavy (non-hydrogen) atoms. The first kappa shape index (κ1) is 11.3. The molecule has 0 atom stereocenters. The lowest BCUT2D eigenvalue weighted by Crippen LogP contribution is -2.01. The van der Waals surface area contributed by atoms with Gasteiger partial charge < -0.3 is 9.15 Å². The van der Waals surface area contributed by atoms with Crippen LogP contribution in [0.5, 0.6) is 0 Å². The number of carbonyl (C=O) groups is 1. The molecule has 0 spiro atoms. The molecule has 0 N–H and O–H groups in total. The lowest BCUT2D eigenvalue weighted by molar-refractivity contribution is -0.141. The Bertz CT molecular complexity index is 584. The zero-order valence-corrected chi connectivity index (χ0v) is 9.53. The first-order chi connectivity index (χ1) is 8.31. The van der Waals surface area contributed by atoms with E-state index < -0.39 is 0 Å². The van der Waals surface area contributed by atoms with E-state index in [1.54, 1.807) is 13.2 Å². The molecule has 0 aliphatic rings. The van der Waals surface area contributed by atoms with E-state index in [1.807, 2.05) is 24.3 Å². The van der Waals surface area contributed by atoms with Gasteiger partial charge in [0.25, 0.3) is 0 Å². The Morgan fingerprint density at radius 1 is 1.41 bits per heavy atom. The smallest absolute Gasteiger partial charge is 0.317 e. The molecular formula is C14H12O3. The Kier molecular flexibility index (Phi) is 3.46. The Balaban J connectivity index is 2.14. The molecule has 86 valence electrons. The third-order valence-electron chi connectivity index (χ3n) is 2.24. The van der Waals surface area contributed by atoms with E-state index in [-0.39, 0.29) is 12.4 Å². The number of benzene rings is 1. The molecular weight excluding hydrogens is 216 g/mol. The Morgan fingerprint density at radius 2 is 2.24 bits per heavy atom. The van der Waals surface area contributed by atoms with Gasteiger partial charge in [-0.2, -0.15) is 0 Å². The minimum Gasteiger partial charge on any atom is -0.465 e. The molecule has 0 fully saturated rings. The van der Waals surface area contributed by atoms with Crippen LogP contribution in [0.2, 0.25) is 0 Å². The van der Waals surface area contributed by atoms with E-state index in [2.05, 4.69) is 11.8 Å². The highest BCUT2D eigenvalue weighted by Crippen LogP contribution is 2.19. The molecule has 1 aromatic carbocycles. The maximum Gasteiger partial charge on any atom is 0.317 e. The standard InChI is InChI=1S/C14H12O3/c1-2-16-14(15)9-5-6-11-10-17-13-8-4-3-7-12(11)13/h3-4,7-8,10H,2,9H2,1H3. The molecule has 2 aromatic rings. The van der Waals surface area contributed by atoms with Gasteiger partial charge in [-0.3, -0.25) is 4.79 Å². The number of ether oxygens (including phenoxy) is 1. The summed E-state index contributed by atoms with van der Waals surface area (Å²) in [5.41, 5.74) is 1.60. The molecule has 1 aromatic heterocycles. The fourth-order valence-corrected chi connectivity index (χ4v) is 1.50. The van der Waals surface area contributed by atoms with Gasteiger partial charge in [-0.25, -0.2) is 0 Å². The summed E-state index contributed by atoms with van der Waals surface area (Å²) in [5, 5.41) is 0.962. The maximum atomic E-state index is 11.1. The summed E-state index contributed by atoms with van der Waals surface area (Å²) in [6, 6.07) is 7.65. The lowest BCUT2D eigenvalue weighted by Gasteiger charge is -1.94. The molecule has 0 aliphatic heterocycles. The molecule has 0 amide bonds. The number of para-hydroxylation sites is 1. The SMILES string of the molecule is CCOC(=O)CC#Cc1coc2ccccc12. The highest BCUT2D eigenvalue weighted by molar-refractivity contribution is 5.84. The topological polar surface area (TPSA) is 39.4 Å². The molecule has 0 saturated carbocycles. The van der Waals surface area contributed by atoms with Crippen LogP contribution in [-0.2, 0) is 9.53 Å². The van der Waals surface area contributed by atoms with E-state index in [9.17, 15) is 4.79 Å². The summed E-state index contributed by atoms with van der Waals surface area (Å²) >= 11 is 0. The molecule has 1 heterocycles. The second-order valence-corrected chi connectivity index (χ2v) is 3.43. The summed E-state index contributed by atoms with van der Waals surface area (Å²) < 4.78 is 10.1. The second kappa shape index (κ2) is 5.22. The van der Waals surface area contributed by atoms with Crippen LogP contribution < -0.4 is 0 Å². The molecule has 0 bridgehead atoms. The number of fused-ring (bicyclic) bond motifs is 1. The van der Waals surface area contributed by atoms with Gasteiger partial charge >= 0.3 is 5.97 Å². The van der Waals surface area contributed by atoms with Crippen molar-refractivity contribution in [1.29, 1.82) is 0 Å². The summed E-state index contributed by atoms with van der Waals surface area (Å²) in [6.45, 7) is 2.16. The summed E-state index contributed by atoms with van der Waals surface area (Å²) in [7, 11) is 0. The van der Waals surface area contributed by atoms with Gasteiger partial charge in [-0.1, -0.05) is 24.0 Å². The Hall–Kier alpha value is -2.21. The van der Waals surface area contributed by atoms with Crippen molar-refractivity contribution in [2.45, 2.75) is 13.3 Å². The molecule has 0 radical (unpaired) electrons. The average Bonchev–Trinajstić information content (AvgIpc) is 2.73. The monoisotopic (exact) mass is 228 g/mol. The van der Waals surface area contributed by atoms with Gasteiger partial charge in [0.15, 0.2) is 0 Å². The fourth-order valence-electron chi connectivity index (χ4n) is 1.50. The fraction of sp³-hybridized carbons (Fsp3) is 0.214. The molecule has 0 aliphatic carbocycles. The van der Waals surface area contributed by atoms with Gasteiger partial charge in [0, 0.05) is 5.39 Å². The summed E-state index contributed by atoms with van der Waals surface area (Å²) in [6.07, 6.45) is 1.70. The number of rotatable bonds is 2. The van der Waals surface area contributed by atoms with Crippen molar-refractivity contribution < 1.29 is 13.9 Å². The Morgan fingerprint density at radius 3 is 3.06 bits per heavy atom. The number of hydrogen-bond acceptors (Lipinski definition) is 3. The maximum absolute atomic E-state index is 11.1. The van der Waals surface area contributed by atoms with Crippen LogP contribution in [0.15, 0.2) is 34.9 Å². The van der Waals surface area contributed by atoms with Crippen LogP contribution in [0, 0.1) is 11.8 Å². The largest absolute Gasteiger partial charge is 0.465 e. The molecule has 3 nitrogen and oxygen atoms in total. The van der Waals surface area contributed by atoms with Crippen molar-refractivity contribution >= 4 is 16.9 Å². The van der Waals surface area contributed by atoms with Crippen LogP contribution in [-0.4, -0.2) is 12.6 Å². The van der Waals surface area contributed by atoms with Crippen LogP contribution in [0.4, 0.5) is 0 Å². The van der Waals surface area contributed by atoms with E-state index >= 15 is 0 Å². The van der Waals surface area contributed by atoms with Crippen LogP contribution in [0.25, 0.3) is 11.0 Å². The van der Waals surface area contributed by atoms with Gasteiger partial charge in [0.2, 0.25) is 0 Å². The van der Waals surface area contributed by atoms with Crippen LogP contribution >= 0.6 is 0 Å². The van der Waals surface area contributed by atoms with E-state index in [0.29, 0.717) is 6.61 Å². The van der Waals surface area contributed by atoms with Crippen LogP contribution in [0.3, 0.4) is 0 Å². The lowest BCUT2D eigenvalue weighted by atomic mass is 10.2.